The Kier molecular flexibility index (Phi) is 3.65. The first-order valence-electron chi connectivity index (χ1n) is 5.06. The average molecular weight is 226 g/mol. The van der Waals surface area contributed by atoms with Crippen molar-refractivity contribution in [1.82, 2.24) is 0 Å². The molecule has 0 radical (unpaired) electrons. The number of thioether (sulfide) groups is 1. The molecule has 2 rings (SSSR count). The van der Waals surface area contributed by atoms with E-state index in [0.29, 0.717) is 0 Å². The lowest BCUT2D eigenvalue weighted by molar-refractivity contribution is 0.112. The summed E-state index contributed by atoms with van der Waals surface area (Å²) in [5.74, 6) is 2.15. The predicted molar refractivity (Wildman–Crippen MR) is 62.4 cm³/mol. The van der Waals surface area contributed by atoms with Gasteiger partial charge in [0.2, 0.25) is 0 Å². The molecule has 3 heteroatoms. The molecule has 1 saturated carbocycles. The van der Waals surface area contributed by atoms with Crippen LogP contribution in [-0.4, -0.2) is 12.0 Å². The van der Waals surface area contributed by atoms with E-state index in [1.165, 1.54) is 35.6 Å². The van der Waals surface area contributed by atoms with Gasteiger partial charge >= 0.3 is 0 Å². The molecular formula is C11H14OS2. The zero-order valence-corrected chi connectivity index (χ0v) is 9.70. The summed E-state index contributed by atoms with van der Waals surface area (Å²) in [6, 6.07) is 3.97. The summed E-state index contributed by atoms with van der Waals surface area (Å²) in [5.41, 5.74) is 0. The first-order valence-corrected chi connectivity index (χ1v) is 6.86. The van der Waals surface area contributed by atoms with Crippen LogP contribution in [0.25, 0.3) is 0 Å². The van der Waals surface area contributed by atoms with Crippen molar-refractivity contribution in [2.75, 3.05) is 5.75 Å². The van der Waals surface area contributed by atoms with Crippen molar-refractivity contribution < 1.29 is 4.79 Å². The molecule has 0 spiro atoms. The summed E-state index contributed by atoms with van der Waals surface area (Å²) < 4.78 is 1.29. The highest BCUT2D eigenvalue weighted by Gasteiger charge is 2.15. The van der Waals surface area contributed by atoms with E-state index in [4.69, 9.17) is 0 Å². The van der Waals surface area contributed by atoms with Crippen molar-refractivity contribution in [2.45, 2.75) is 29.9 Å². The maximum absolute atomic E-state index is 10.5. The predicted octanol–water partition coefficient (Wildman–Crippen LogP) is 3.84. The number of rotatable bonds is 4. The zero-order valence-electron chi connectivity index (χ0n) is 8.07. The Morgan fingerprint density at radius 2 is 2.21 bits per heavy atom. The van der Waals surface area contributed by atoms with Crippen LogP contribution in [0.5, 0.6) is 0 Å². The Morgan fingerprint density at radius 3 is 2.86 bits per heavy atom. The van der Waals surface area contributed by atoms with Crippen molar-refractivity contribution in [3.05, 3.63) is 17.0 Å². The largest absolute Gasteiger partial charge is 0.297 e. The van der Waals surface area contributed by atoms with Crippen LogP contribution in [0.15, 0.2) is 16.3 Å². The number of thiophene rings is 1. The third kappa shape index (κ3) is 2.61. The smallest absolute Gasteiger partial charge is 0.160 e. The van der Waals surface area contributed by atoms with Crippen molar-refractivity contribution >= 4 is 29.4 Å². The maximum Gasteiger partial charge on any atom is 0.160 e. The van der Waals surface area contributed by atoms with Crippen molar-refractivity contribution in [3.8, 4) is 0 Å². The number of carbonyl (C=O) groups excluding carboxylic acids is 1. The quantitative estimate of drug-likeness (QED) is 0.573. The molecule has 0 aromatic carbocycles. The van der Waals surface area contributed by atoms with Crippen LogP contribution < -0.4 is 0 Å². The summed E-state index contributed by atoms with van der Waals surface area (Å²) in [6.07, 6.45) is 6.56. The average Bonchev–Trinajstić information content (AvgIpc) is 2.86. The number of hydrogen-bond acceptors (Lipinski definition) is 3. The number of carbonyl (C=O) groups is 1. The van der Waals surface area contributed by atoms with E-state index in [2.05, 4.69) is 6.07 Å². The third-order valence-corrected chi connectivity index (χ3v) is 5.12. The van der Waals surface area contributed by atoms with Gasteiger partial charge in [-0.2, -0.15) is 0 Å². The van der Waals surface area contributed by atoms with Gasteiger partial charge in [0.15, 0.2) is 6.29 Å². The maximum atomic E-state index is 10.5. The van der Waals surface area contributed by atoms with Crippen LogP contribution in [0, 0.1) is 5.92 Å². The molecular weight excluding hydrogens is 212 g/mol. The standard InChI is InChI=1S/C11H14OS2/c12-7-10-5-6-11(14-10)13-8-9-3-1-2-4-9/h5-7,9H,1-4,8H2. The SMILES string of the molecule is O=Cc1ccc(SCC2CCCC2)s1. The van der Waals surface area contributed by atoms with Gasteiger partial charge in [0.25, 0.3) is 0 Å². The molecule has 1 aliphatic carbocycles. The van der Waals surface area contributed by atoms with Gasteiger partial charge in [0.1, 0.15) is 0 Å². The lowest BCUT2D eigenvalue weighted by Gasteiger charge is -2.05. The minimum atomic E-state index is 0.846. The first kappa shape index (κ1) is 10.2. The van der Waals surface area contributed by atoms with Crippen LogP contribution >= 0.6 is 23.1 Å². The fourth-order valence-electron chi connectivity index (χ4n) is 1.85. The summed E-state index contributed by atoms with van der Waals surface area (Å²) in [5, 5.41) is 0. The van der Waals surface area contributed by atoms with Gasteiger partial charge in [0, 0.05) is 5.75 Å². The third-order valence-electron chi connectivity index (χ3n) is 2.65. The fraction of sp³-hybridized carbons (Fsp3) is 0.545. The molecule has 0 amide bonds. The molecule has 1 aromatic rings. The molecule has 0 unspecified atom stereocenters. The highest BCUT2D eigenvalue weighted by Crippen LogP contribution is 2.33. The molecule has 1 aromatic heterocycles. The molecule has 14 heavy (non-hydrogen) atoms. The molecule has 1 fully saturated rings. The molecule has 1 heterocycles. The van der Waals surface area contributed by atoms with Crippen LogP contribution in [0.4, 0.5) is 0 Å². The first-order chi connectivity index (χ1) is 6.88. The second kappa shape index (κ2) is 4.99. The van der Waals surface area contributed by atoms with E-state index in [1.54, 1.807) is 11.3 Å². The van der Waals surface area contributed by atoms with Gasteiger partial charge in [-0.1, -0.05) is 12.8 Å². The summed E-state index contributed by atoms with van der Waals surface area (Å²) >= 11 is 3.52. The van der Waals surface area contributed by atoms with Gasteiger partial charge in [0.05, 0.1) is 9.09 Å². The molecule has 76 valence electrons. The molecule has 1 nitrogen and oxygen atoms in total. The summed E-state index contributed by atoms with van der Waals surface area (Å²) in [7, 11) is 0. The van der Waals surface area contributed by atoms with E-state index >= 15 is 0 Å². The highest BCUT2D eigenvalue weighted by atomic mass is 32.2. The van der Waals surface area contributed by atoms with Crippen LogP contribution in [0.2, 0.25) is 0 Å². The zero-order chi connectivity index (χ0) is 9.80. The monoisotopic (exact) mass is 226 g/mol. The van der Waals surface area contributed by atoms with Gasteiger partial charge in [-0.25, -0.2) is 0 Å². The molecule has 0 aliphatic heterocycles. The van der Waals surface area contributed by atoms with E-state index < -0.39 is 0 Å². The van der Waals surface area contributed by atoms with E-state index in [-0.39, 0.29) is 0 Å². The van der Waals surface area contributed by atoms with Gasteiger partial charge in [-0.05, 0) is 30.9 Å². The lowest BCUT2D eigenvalue weighted by atomic mass is 10.1. The minimum absolute atomic E-state index is 0.846. The topological polar surface area (TPSA) is 17.1 Å². The van der Waals surface area contributed by atoms with Crippen molar-refractivity contribution in [3.63, 3.8) is 0 Å². The Morgan fingerprint density at radius 1 is 1.43 bits per heavy atom. The molecule has 0 saturated heterocycles. The lowest BCUT2D eigenvalue weighted by Crippen LogP contribution is -1.95. The molecule has 0 bridgehead atoms. The van der Waals surface area contributed by atoms with Crippen LogP contribution in [0.3, 0.4) is 0 Å². The Bertz CT molecular complexity index is 300. The summed E-state index contributed by atoms with van der Waals surface area (Å²) in [4.78, 5) is 11.3. The second-order valence-electron chi connectivity index (χ2n) is 3.74. The second-order valence-corrected chi connectivity index (χ2v) is 6.17. The Balaban J connectivity index is 1.81. The van der Waals surface area contributed by atoms with Gasteiger partial charge < -0.3 is 0 Å². The number of aldehydes is 1. The van der Waals surface area contributed by atoms with Crippen LogP contribution in [0.1, 0.15) is 35.4 Å². The molecule has 0 N–H and O–H groups in total. The minimum Gasteiger partial charge on any atom is -0.297 e. The summed E-state index contributed by atoms with van der Waals surface area (Å²) in [6.45, 7) is 0. The Hall–Kier alpha value is -0.280. The van der Waals surface area contributed by atoms with Crippen molar-refractivity contribution in [2.24, 2.45) is 5.92 Å². The fourth-order valence-corrected chi connectivity index (χ4v) is 4.03. The van der Waals surface area contributed by atoms with Crippen molar-refractivity contribution in [1.29, 1.82) is 0 Å². The van der Waals surface area contributed by atoms with Crippen LogP contribution in [-0.2, 0) is 0 Å². The molecule has 1 aliphatic rings. The Labute approximate surface area is 92.9 Å². The normalized spacial score (nSPS) is 17.4. The van der Waals surface area contributed by atoms with E-state index in [1.807, 2.05) is 17.8 Å². The van der Waals surface area contributed by atoms with Gasteiger partial charge in [-0.15, -0.1) is 23.1 Å². The molecule has 0 atom stereocenters. The highest BCUT2D eigenvalue weighted by molar-refractivity contribution is 8.01. The van der Waals surface area contributed by atoms with E-state index in [9.17, 15) is 4.79 Å². The van der Waals surface area contributed by atoms with Gasteiger partial charge in [-0.3, -0.25) is 4.79 Å². The number of hydrogen-bond donors (Lipinski definition) is 0. The van der Waals surface area contributed by atoms with E-state index in [0.717, 1.165) is 17.1 Å².